The molecule has 0 saturated heterocycles. The van der Waals surface area contributed by atoms with Crippen LogP contribution in [0.2, 0.25) is 0 Å². The molecule has 1 aliphatic rings. The highest BCUT2D eigenvalue weighted by Gasteiger charge is 2.23. The number of hydrogen-bond acceptors (Lipinski definition) is 3. The number of rotatable bonds is 4. The normalized spacial score (nSPS) is 21.3. The predicted octanol–water partition coefficient (Wildman–Crippen LogP) is 3.32. The Labute approximate surface area is 140 Å². The molecule has 2 aromatic rings. The Bertz CT molecular complexity index is 754. The summed E-state index contributed by atoms with van der Waals surface area (Å²) in [5.41, 5.74) is 0.135. The molecule has 0 spiro atoms. The highest BCUT2D eigenvalue weighted by atomic mass is 32.2. The number of hydrogen-bond donors (Lipinski definition) is 2. The van der Waals surface area contributed by atoms with Gasteiger partial charge in [-0.2, -0.15) is 11.8 Å². The standard InChI is InChI=1S/C18H22N2O2S/c1-2-23-14-8-5-7-13(11-14)19-18(22)16-10-12-6-3-4-9-15(12)17(21)20-16/h3-4,6,9-10,13-14H,2,5,7-8,11H2,1H3,(H,19,22)(H,20,21)/t13-,14+/m0/s1. The second-order valence-corrected chi connectivity index (χ2v) is 7.59. The smallest absolute Gasteiger partial charge is 0.268 e. The molecule has 1 aliphatic carbocycles. The molecular weight excluding hydrogens is 308 g/mol. The van der Waals surface area contributed by atoms with Crippen molar-refractivity contribution in [2.45, 2.75) is 43.9 Å². The zero-order valence-electron chi connectivity index (χ0n) is 13.3. The summed E-state index contributed by atoms with van der Waals surface area (Å²) >= 11 is 1.97. The van der Waals surface area contributed by atoms with Gasteiger partial charge in [-0.25, -0.2) is 0 Å². The third-order valence-corrected chi connectivity index (χ3v) is 5.59. The molecule has 122 valence electrons. The van der Waals surface area contributed by atoms with Gasteiger partial charge in [0.05, 0.1) is 0 Å². The molecule has 0 radical (unpaired) electrons. The molecule has 3 rings (SSSR count). The summed E-state index contributed by atoms with van der Waals surface area (Å²) in [5, 5.41) is 5.13. The van der Waals surface area contributed by atoms with Crippen LogP contribution < -0.4 is 10.9 Å². The second-order valence-electron chi connectivity index (χ2n) is 6.01. The van der Waals surface area contributed by atoms with Crippen molar-refractivity contribution in [2.75, 3.05) is 5.75 Å². The number of aromatic nitrogens is 1. The van der Waals surface area contributed by atoms with E-state index in [1.54, 1.807) is 12.1 Å². The molecule has 1 aromatic heterocycles. The Morgan fingerprint density at radius 3 is 3.00 bits per heavy atom. The molecule has 1 fully saturated rings. The third kappa shape index (κ3) is 3.78. The van der Waals surface area contributed by atoms with E-state index >= 15 is 0 Å². The second kappa shape index (κ2) is 7.21. The number of H-pyrrole nitrogens is 1. The number of thioether (sulfide) groups is 1. The topological polar surface area (TPSA) is 62.0 Å². The SMILES string of the molecule is CCS[C@@H]1CCC[C@H](NC(=O)c2cc3ccccc3c(=O)[nH]2)C1. The van der Waals surface area contributed by atoms with E-state index < -0.39 is 0 Å². The van der Waals surface area contributed by atoms with Crippen molar-refractivity contribution < 1.29 is 4.79 Å². The van der Waals surface area contributed by atoms with E-state index in [1.807, 2.05) is 30.0 Å². The fourth-order valence-corrected chi connectivity index (χ4v) is 4.43. The summed E-state index contributed by atoms with van der Waals surface area (Å²) in [5.74, 6) is 0.934. The average molecular weight is 330 g/mol. The van der Waals surface area contributed by atoms with Crippen LogP contribution >= 0.6 is 11.8 Å². The largest absolute Gasteiger partial charge is 0.348 e. The van der Waals surface area contributed by atoms with E-state index in [0.717, 1.165) is 30.4 Å². The van der Waals surface area contributed by atoms with Gasteiger partial charge in [0, 0.05) is 16.7 Å². The Balaban J connectivity index is 1.74. The zero-order valence-corrected chi connectivity index (χ0v) is 14.1. The van der Waals surface area contributed by atoms with E-state index in [-0.39, 0.29) is 17.5 Å². The number of benzene rings is 1. The van der Waals surface area contributed by atoms with Crippen LogP contribution in [0.25, 0.3) is 10.8 Å². The third-order valence-electron chi connectivity index (χ3n) is 4.36. The maximum atomic E-state index is 12.5. The van der Waals surface area contributed by atoms with Crippen molar-refractivity contribution in [3.8, 4) is 0 Å². The molecular formula is C18H22N2O2S. The molecule has 1 heterocycles. The first-order chi connectivity index (χ1) is 11.2. The van der Waals surface area contributed by atoms with Gasteiger partial charge in [-0.05, 0) is 42.5 Å². The highest BCUT2D eigenvalue weighted by molar-refractivity contribution is 7.99. The first kappa shape index (κ1) is 16.1. The molecule has 0 aliphatic heterocycles. The number of fused-ring (bicyclic) bond motifs is 1. The molecule has 0 unspecified atom stereocenters. The molecule has 0 bridgehead atoms. The van der Waals surface area contributed by atoms with Gasteiger partial charge < -0.3 is 10.3 Å². The van der Waals surface area contributed by atoms with E-state index in [0.29, 0.717) is 16.3 Å². The first-order valence-electron chi connectivity index (χ1n) is 8.22. The van der Waals surface area contributed by atoms with Crippen molar-refractivity contribution in [2.24, 2.45) is 0 Å². The minimum atomic E-state index is -0.212. The Morgan fingerprint density at radius 2 is 2.17 bits per heavy atom. The van der Waals surface area contributed by atoms with Gasteiger partial charge in [0.1, 0.15) is 5.69 Å². The van der Waals surface area contributed by atoms with Crippen LogP contribution in [0.3, 0.4) is 0 Å². The van der Waals surface area contributed by atoms with Crippen molar-refractivity contribution in [3.05, 3.63) is 46.4 Å². The van der Waals surface area contributed by atoms with Crippen LogP contribution in [0, 0.1) is 0 Å². The summed E-state index contributed by atoms with van der Waals surface area (Å²) in [6.45, 7) is 2.17. The van der Waals surface area contributed by atoms with Crippen molar-refractivity contribution in [3.63, 3.8) is 0 Å². The summed E-state index contributed by atoms with van der Waals surface area (Å²) in [6, 6.07) is 9.28. The minimum Gasteiger partial charge on any atom is -0.348 e. The van der Waals surface area contributed by atoms with Gasteiger partial charge in [-0.15, -0.1) is 0 Å². The maximum Gasteiger partial charge on any atom is 0.268 e. The number of amides is 1. The lowest BCUT2D eigenvalue weighted by molar-refractivity contribution is 0.0923. The predicted molar refractivity (Wildman–Crippen MR) is 96.2 cm³/mol. The lowest BCUT2D eigenvalue weighted by Crippen LogP contribution is -2.40. The highest BCUT2D eigenvalue weighted by Crippen LogP contribution is 2.28. The fraction of sp³-hybridized carbons (Fsp3) is 0.444. The molecule has 1 aromatic carbocycles. The average Bonchev–Trinajstić information content (AvgIpc) is 2.55. The van der Waals surface area contributed by atoms with Gasteiger partial charge in [0.2, 0.25) is 0 Å². The molecule has 2 N–H and O–H groups in total. The van der Waals surface area contributed by atoms with Crippen LogP contribution in [0.5, 0.6) is 0 Å². The summed E-state index contributed by atoms with van der Waals surface area (Å²) < 4.78 is 0. The van der Waals surface area contributed by atoms with Gasteiger partial charge in [-0.1, -0.05) is 31.5 Å². The van der Waals surface area contributed by atoms with E-state index in [2.05, 4.69) is 17.2 Å². The van der Waals surface area contributed by atoms with E-state index in [1.165, 1.54) is 6.42 Å². The Hall–Kier alpha value is -1.75. The maximum absolute atomic E-state index is 12.5. The van der Waals surface area contributed by atoms with E-state index in [4.69, 9.17) is 0 Å². The monoisotopic (exact) mass is 330 g/mol. The zero-order chi connectivity index (χ0) is 16.2. The number of pyridine rings is 1. The number of carbonyl (C=O) groups excluding carboxylic acids is 1. The van der Waals surface area contributed by atoms with Crippen LogP contribution in [0.4, 0.5) is 0 Å². The summed E-state index contributed by atoms with van der Waals surface area (Å²) in [7, 11) is 0. The minimum absolute atomic E-state index is 0.181. The molecule has 1 saturated carbocycles. The Kier molecular flexibility index (Phi) is 5.06. The molecule has 23 heavy (non-hydrogen) atoms. The molecule has 5 heteroatoms. The molecule has 1 amide bonds. The number of carbonyl (C=O) groups is 1. The molecule has 2 atom stereocenters. The summed E-state index contributed by atoms with van der Waals surface area (Å²) in [6.07, 6.45) is 4.42. The first-order valence-corrected chi connectivity index (χ1v) is 9.26. The molecule has 4 nitrogen and oxygen atoms in total. The van der Waals surface area contributed by atoms with Gasteiger partial charge in [-0.3, -0.25) is 9.59 Å². The van der Waals surface area contributed by atoms with Crippen LogP contribution in [-0.2, 0) is 0 Å². The lowest BCUT2D eigenvalue weighted by Gasteiger charge is -2.29. The van der Waals surface area contributed by atoms with Gasteiger partial charge >= 0.3 is 0 Å². The quantitative estimate of drug-likeness (QED) is 0.904. The van der Waals surface area contributed by atoms with Crippen LogP contribution in [-0.4, -0.2) is 27.9 Å². The van der Waals surface area contributed by atoms with E-state index in [9.17, 15) is 9.59 Å². The van der Waals surface area contributed by atoms with Crippen LogP contribution in [0.15, 0.2) is 35.1 Å². The van der Waals surface area contributed by atoms with Gasteiger partial charge in [0.25, 0.3) is 11.5 Å². The lowest BCUT2D eigenvalue weighted by atomic mass is 9.95. The van der Waals surface area contributed by atoms with Crippen molar-refractivity contribution in [1.29, 1.82) is 0 Å². The van der Waals surface area contributed by atoms with Crippen molar-refractivity contribution >= 4 is 28.4 Å². The van der Waals surface area contributed by atoms with Gasteiger partial charge in [0.15, 0.2) is 0 Å². The number of aromatic amines is 1. The Morgan fingerprint density at radius 1 is 1.35 bits per heavy atom. The summed E-state index contributed by atoms with van der Waals surface area (Å²) in [4.78, 5) is 27.3. The number of nitrogens with one attached hydrogen (secondary N) is 2. The van der Waals surface area contributed by atoms with Crippen LogP contribution in [0.1, 0.15) is 43.1 Å². The fourth-order valence-electron chi connectivity index (χ4n) is 3.26. The van der Waals surface area contributed by atoms with Crippen molar-refractivity contribution in [1.82, 2.24) is 10.3 Å².